The van der Waals surface area contributed by atoms with Crippen molar-refractivity contribution in [2.45, 2.75) is 12.8 Å². The zero-order valence-electron chi connectivity index (χ0n) is 6.92. The Morgan fingerprint density at radius 3 is 3.15 bits per heavy atom. The van der Waals surface area contributed by atoms with Crippen LogP contribution >= 0.6 is 22.6 Å². The van der Waals surface area contributed by atoms with Crippen molar-refractivity contribution >= 4 is 22.6 Å². The quantitative estimate of drug-likeness (QED) is 0.851. The van der Waals surface area contributed by atoms with Crippen LogP contribution < -0.4 is 10.3 Å². The molecule has 13 heavy (non-hydrogen) atoms. The molecule has 1 saturated carbocycles. The maximum absolute atomic E-state index is 11.1. The molecule has 4 nitrogen and oxygen atoms in total. The third-order valence-electron chi connectivity index (χ3n) is 1.92. The average molecular weight is 292 g/mol. The van der Waals surface area contributed by atoms with Crippen LogP contribution in [0, 0.1) is 9.49 Å². The van der Waals surface area contributed by atoms with Crippen LogP contribution in [0.25, 0.3) is 0 Å². The summed E-state index contributed by atoms with van der Waals surface area (Å²) in [6.07, 6.45) is 3.84. The van der Waals surface area contributed by atoms with E-state index in [1.165, 1.54) is 19.2 Å². The minimum absolute atomic E-state index is 0.138. The average Bonchev–Trinajstić information content (AvgIpc) is 2.91. The van der Waals surface area contributed by atoms with Crippen LogP contribution in [-0.2, 0) is 0 Å². The molecule has 1 N–H and O–H groups in total. The van der Waals surface area contributed by atoms with Gasteiger partial charge in [0.1, 0.15) is 3.57 Å². The Hall–Kier alpha value is -0.590. The second kappa shape index (κ2) is 3.65. The molecule has 0 radical (unpaired) electrons. The van der Waals surface area contributed by atoms with E-state index in [1.807, 2.05) is 22.6 Å². The molecule has 1 aliphatic carbocycles. The lowest BCUT2D eigenvalue weighted by atomic mass is 10.5. The number of rotatable bonds is 3. The molecule has 1 aliphatic rings. The molecule has 0 spiro atoms. The Labute approximate surface area is 88.9 Å². The lowest BCUT2D eigenvalue weighted by Crippen LogP contribution is -2.13. The standard InChI is InChI=1S/C8H9IN2O2/c9-6-7(12)10-4-11-8(6)13-3-5-1-2-5/h4-5H,1-3H2,(H,10,11,12). The molecule has 0 atom stereocenters. The summed E-state index contributed by atoms with van der Waals surface area (Å²) in [5, 5.41) is 0. The molecule has 2 rings (SSSR count). The van der Waals surface area contributed by atoms with Crippen molar-refractivity contribution in [3.63, 3.8) is 0 Å². The summed E-state index contributed by atoms with van der Waals surface area (Å²) >= 11 is 1.94. The van der Waals surface area contributed by atoms with Crippen LogP contribution in [0.3, 0.4) is 0 Å². The summed E-state index contributed by atoms with van der Waals surface area (Å²) in [6, 6.07) is 0. The summed E-state index contributed by atoms with van der Waals surface area (Å²) < 4.78 is 5.93. The maximum atomic E-state index is 11.1. The fourth-order valence-electron chi connectivity index (χ4n) is 0.949. The minimum atomic E-state index is -0.138. The summed E-state index contributed by atoms with van der Waals surface area (Å²) in [5.74, 6) is 1.13. The number of hydrogen-bond donors (Lipinski definition) is 1. The molecule has 0 aromatic carbocycles. The summed E-state index contributed by atoms with van der Waals surface area (Å²) in [7, 11) is 0. The SMILES string of the molecule is O=c1[nH]cnc(OCC2CC2)c1I. The third kappa shape index (κ3) is 2.20. The molecule has 1 heterocycles. The van der Waals surface area contributed by atoms with E-state index in [0.29, 0.717) is 22.0 Å². The van der Waals surface area contributed by atoms with Gasteiger partial charge in [0.2, 0.25) is 5.88 Å². The first kappa shape index (κ1) is 8.98. The van der Waals surface area contributed by atoms with Crippen molar-refractivity contribution in [3.8, 4) is 5.88 Å². The van der Waals surface area contributed by atoms with Gasteiger partial charge in [-0.25, -0.2) is 4.98 Å². The van der Waals surface area contributed by atoms with E-state index in [1.54, 1.807) is 0 Å². The highest BCUT2D eigenvalue weighted by Gasteiger charge is 2.22. The van der Waals surface area contributed by atoms with Crippen molar-refractivity contribution in [1.29, 1.82) is 0 Å². The number of halogens is 1. The summed E-state index contributed by atoms with van der Waals surface area (Å²) in [5.41, 5.74) is -0.138. The highest BCUT2D eigenvalue weighted by atomic mass is 127. The van der Waals surface area contributed by atoms with Gasteiger partial charge >= 0.3 is 0 Å². The van der Waals surface area contributed by atoms with Gasteiger partial charge in [-0.2, -0.15) is 0 Å². The molecule has 5 heteroatoms. The zero-order valence-corrected chi connectivity index (χ0v) is 9.08. The van der Waals surface area contributed by atoms with Gasteiger partial charge in [-0.15, -0.1) is 0 Å². The number of nitrogens with zero attached hydrogens (tertiary/aromatic N) is 1. The lowest BCUT2D eigenvalue weighted by molar-refractivity contribution is 0.285. The predicted molar refractivity (Wildman–Crippen MR) is 55.8 cm³/mol. The Bertz CT molecular complexity index is 359. The number of aromatic nitrogens is 2. The lowest BCUT2D eigenvalue weighted by Gasteiger charge is -2.03. The van der Waals surface area contributed by atoms with Gasteiger partial charge in [-0.1, -0.05) is 0 Å². The van der Waals surface area contributed by atoms with Gasteiger partial charge in [0.15, 0.2) is 0 Å². The molecule has 0 bridgehead atoms. The van der Waals surface area contributed by atoms with E-state index in [2.05, 4.69) is 9.97 Å². The van der Waals surface area contributed by atoms with E-state index in [-0.39, 0.29) is 5.56 Å². The van der Waals surface area contributed by atoms with Crippen LogP contribution in [0.15, 0.2) is 11.1 Å². The summed E-state index contributed by atoms with van der Waals surface area (Å²) in [4.78, 5) is 17.6. The number of hydrogen-bond acceptors (Lipinski definition) is 3. The molecule has 0 saturated heterocycles. The fourth-order valence-corrected chi connectivity index (χ4v) is 1.40. The van der Waals surface area contributed by atoms with Gasteiger partial charge in [0.05, 0.1) is 12.9 Å². The first-order valence-electron chi connectivity index (χ1n) is 4.13. The van der Waals surface area contributed by atoms with Gasteiger partial charge in [-0.05, 0) is 41.4 Å². The minimum Gasteiger partial charge on any atom is -0.476 e. The highest BCUT2D eigenvalue weighted by molar-refractivity contribution is 14.1. The van der Waals surface area contributed by atoms with Crippen molar-refractivity contribution in [2.75, 3.05) is 6.61 Å². The number of nitrogens with one attached hydrogen (secondary N) is 1. The smallest absolute Gasteiger partial charge is 0.268 e. The largest absolute Gasteiger partial charge is 0.476 e. The number of H-pyrrole nitrogens is 1. The number of ether oxygens (including phenoxy) is 1. The van der Waals surface area contributed by atoms with Crippen LogP contribution in [0.1, 0.15) is 12.8 Å². The van der Waals surface area contributed by atoms with Gasteiger partial charge < -0.3 is 9.72 Å². The van der Waals surface area contributed by atoms with Crippen LogP contribution in [0.5, 0.6) is 5.88 Å². The van der Waals surface area contributed by atoms with E-state index < -0.39 is 0 Å². The van der Waals surface area contributed by atoms with Gasteiger partial charge in [0, 0.05) is 0 Å². The first-order chi connectivity index (χ1) is 6.27. The second-order valence-electron chi connectivity index (χ2n) is 3.11. The molecule has 1 aromatic rings. The van der Waals surface area contributed by atoms with E-state index in [0.717, 1.165) is 0 Å². The first-order valence-corrected chi connectivity index (χ1v) is 5.21. The molecule has 70 valence electrons. The second-order valence-corrected chi connectivity index (χ2v) is 4.18. The van der Waals surface area contributed by atoms with Crippen molar-refractivity contribution < 1.29 is 4.74 Å². The van der Waals surface area contributed by atoms with E-state index in [9.17, 15) is 4.79 Å². The highest BCUT2D eigenvalue weighted by Crippen LogP contribution is 2.29. The van der Waals surface area contributed by atoms with Crippen LogP contribution in [0.2, 0.25) is 0 Å². The van der Waals surface area contributed by atoms with Crippen LogP contribution in [0.4, 0.5) is 0 Å². The van der Waals surface area contributed by atoms with E-state index in [4.69, 9.17) is 4.74 Å². The zero-order chi connectivity index (χ0) is 9.26. The van der Waals surface area contributed by atoms with Crippen LogP contribution in [-0.4, -0.2) is 16.6 Å². The molecular formula is C8H9IN2O2. The molecule has 0 unspecified atom stereocenters. The molecule has 1 aromatic heterocycles. The van der Waals surface area contributed by atoms with Crippen molar-refractivity contribution in [2.24, 2.45) is 5.92 Å². The molecule has 1 fully saturated rings. The Kier molecular flexibility index (Phi) is 2.52. The van der Waals surface area contributed by atoms with Crippen molar-refractivity contribution in [3.05, 3.63) is 20.3 Å². The monoisotopic (exact) mass is 292 g/mol. The topological polar surface area (TPSA) is 55.0 Å². The fraction of sp³-hybridized carbons (Fsp3) is 0.500. The third-order valence-corrected chi connectivity index (χ3v) is 2.87. The maximum Gasteiger partial charge on any atom is 0.268 e. The predicted octanol–water partition coefficient (Wildman–Crippen LogP) is 1.16. The van der Waals surface area contributed by atoms with Gasteiger partial charge in [-0.3, -0.25) is 4.79 Å². The Morgan fingerprint density at radius 2 is 2.46 bits per heavy atom. The van der Waals surface area contributed by atoms with Crippen molar-refractivity contribution in [1.82, 2.24) is 9.97 Å². The molecular weight excluding hydrogens is 283 g/mol. The van der Waals surface area contributed by atoms with E-state index >= 15 is 0 Å². The normalized spacial score (nSPS) is 15.8. The number of aromatic amines is 1. The Morgan fingerprint density at radius 1 is 1.69 bits per heavy atom. The summed E-state index contributed by atoms with van der Waals surface area (Å²) in [6.45, 7) is 0.687. The molecule has 0 amide bonds. The Balaban J connectivity index is 2.09. The van der Waals surface area contributed by atoms with Gasteiger partial charge in [0.25, 0.3) is 5.56 Å². The molecule has 0 aliphatic heterocycles.